The van der Waals surface area contributed by atoms with E-state index in [4.69, 9.17) is 22.1 Å². The van der Waals surface area contributed by atoms with E-state index in [9.17, 15) is 14.9 Å². The highest BCUT2D eigenvalue weighted by Crippen LogP contribution is 2.27. The monoisotopic (exact) mass is 315 g/mol. The number of carbonyl (C=O) groups is 1. The predicted octanol–water partition coefficient (Wildman–Crippen LogP) is 2.77. The number of carbonyl (C=O) groups excluding carboxylic acids is 1. The molecule has 0 saturated heterocycles. The van der Waals surface area contributed by atoms with Gasteiger partial charge in [0.1, 0.15) is 5.60 Å². The molecule has 0 bridgehead atoms. The fourth-order valence-corrected chi connectivity index (χ4v) is 1.77. The molecule has 3 N–H and O–H groups in total. The number of hydrogen-bond donors (Lipinski definition) is 2. The highest BCUT2D eigenvalue weighted by molar-refractivity contribution is 6.30. The summed E-state index contributed by atoms with van der Waals surface area (Å²) < 4.78 is 5.06. The standard InChI is InChI=1S/C13H18ClN3O4/c1-13(2,3)21-12(18)16-7-10(15)9-5-4-8(14)6-11(9)17(19)20/h4-6,10H,7,15H2,1-3H3,(H,16,18). The number of nitrogens with two attached hydrogens (primary N) is 1. The Hall–Kier alpha value is -1.86. The predicted molar refractivity (Wildman–Crippen MR) is 79.3 cm³/mol. The highest BCUT2D eigenvalue weighted by Gasteiger charge is 2.21. The lowest BCUT2D eigenvalue weighted by Gasteiger charge is -2.20. The third-order valence-electron chi connectivity index (χ3n) is 2.45. The minimum atomic E-state index is -0.741. The Morgan fingerprint density at radius 3 is 2.67 bits per heavy atom. The van der Waals surface area contributed by atoms with Gasteiger partial charge in [-0.05, 0) is 32.9 Å². The van der Waals surface area contributed by atoms with Crippen LogP contribution in [0, 0.1) is 10.1 Å². The van der Waals surface area contributed by atoms with Crippen molar-refractivity contribution in [3.8, 4) is 0 Å². The maximum absolute atomic E-state index is 11.5. The van der Waals surface area contributed by atoms with Crippen LogP contribution in [0.3, 0.4) is 0 Å². The molecule has 0 aliphatic carbocycles. The molecule has 1 unspecified atom stereocenters. The number of halogens is 1. The molecule has 0 saturated carbocycles. The maximum atomic E-state index is 11.5. The molecule has 0 radical (unpaired) electrons. The van der Waals surface area contributed by atoms with E-state index < -0.39 is 22.7 Å². The molecule has 0 heterocycles. The van der Waals surface area contributed by atoms with Gasteiger partial charge >= 0.3 is 6.09 Å². The summed E-state index contributed by atoms with van der Waals surface area (Å²) in [5.41, 5.74) is 5.37. The number of ether oxygens (including phenoxy) is 1. The number of rotatable bonds is 4. The zero-order chi connectivity index (χ0) is 16.2. The summed E-state index contributed by atoms with van der Waals surface area (Å²) in [5.74, 6) is 0. The first-order chi connectivity index (χ1) is 9.60. The van der Waals surface area contributed by atoms with Gasteiger partial charge in [0.25, 0.3) is 5.69 Å². The van der Waals surface area contributed by atoms with Crippen molar-refractivity contribution in [3.05, 3.63) is 38.9 Å². The Morgan fingerprint density at radius 2 is 2.14 bits per heavy atom. The van der Waals surface area contributed by atoms with E-state index >= 15 is 0 Å². The molecule has 0 spiro atoms. The molecule has 0 aliphatic rings. The number of nitrogens with one attached hydrogen (secondary N) is 1. The smallest absolute Gasteiger partial charge is 0.407 e. The van der Waals surface area contributed by atoms with Gasteiger partial charge in [-0.2, -0.15) is 0 Å². The summed E-state index contributed by atoms with van der Waals surface area (Å²) in [7, 11) is 0. The summed E-state index contributed by atoms with van der Waals surface area (Å²) in [4.78, 5) is 21.9. The van der Waals surface area contributed by atoms with Gasteiger partial charge in [-0.25, -0.2) is 4.79 Å². The third-order valence-corrected chi connectivity index (χ3v) is 2.69. The van der Waals surface area contributed by atoms with Gasteiger partial charge in [-0.15, -0.1) is 0 Å². The lowest BCUT2D eigenvalue weighted by Crippen LogP contribution is -2.36. The van der Waals surface area contributed by atoms with Crippen molar-refractivity contribution >= 4 is 23.4 Å². The maximum Gasteiger partial charge on any atom is 0.407 e. The van der Waals surface area contributed by atoms with Crippen LogP contribution in [0.25, 0.3) is 0 Å². The molecule has 21 heavy (non-hydrogen) atoms. The molecule has 1 atom stereocenters. The first kappa shape index (κ1) is 17.2. The Balaban J connectivity index is 2.74. The molecule has 116 valence electrons. The van der Waals surface area contributed by atoms with Gasteiger partial charge in [0.05, 0.1) is 11.0 Å². The van der Waals surface area contributed by atoms with Crippen LogP contribution in [0.4, 0.5) is 10.5 Å². The Morgan fingerprint density at radius 1 is 1.52 bits per heavy atom. The lowest BCUT2D eigenvalue weighted by molar-refractivity contribution is -0.385. The van der Waals surface area contributed by atoms with Gasteiger partial charge in [0, 0.05) is 23.2 Å². The quantitative estimate of drug-likeness (QED) is 0.656. The minimum Gasteiger partial charge on any atom is -0.444 e. The van der Waals surface area contributed by atoms with Crippen LogP contribution in [0.2, 0.25) is 5.02 Å². The Labute approximate surface area is 127 Å². The summed E-state index contributed by atoms with van der Waals surface area (Å²) in [6.45, 7) is 5.21. The van der Waals surface area contributed by atoms with Crippen molar-refractivity contribution in [1.82, 2.24) is 5.32 Å². The van der Waals surface area contributed by atoms with E-state index in [-0.39, 0.29) is 17.3 Å². The second kappa shape index (κ2) is 6.73. The molecule has 8 heteroatoms. The van der Waals surface area contributed by atoms with E-state index in [0.29, 0.717) is 5.56 Å². The Bertz CT molecular complexity index is 543. The van der Waals surface area contributed by atoms with Gasteiger partial charge in [0.15, 0.2) is 0 Å². The van der Waals surface area contributed by atoms with Gasteiger partial charge < -0.3 is 15.8 Å². The molecule has 0 fully saturated rings. The van der Waals surface area contributed by atoms with E-state index in [1.807, 2.05) is 0 Å². The number of nitro benzene ring substituents is 1. The first-order valence-electron chi connectivity index (χ1n) is 6.26. The number of amides is 1. The normalized spacial score (nSPS) is 12.6. The fraction of sp³-hybridized carbons (Fsp3) is 0.462. The number of nitro groups is 1. The second-order valence-corrected chi connectivity index (χ2v) is 5.89. The number of hydrogen-bond acceptors (Lipinski definition) is 5. The van der Waals surface area contributed by atoms with Crippen LogP contribution in [-0.2, 0) is 4.74 Å². The van der Waals surface area contributed by atoms with Crippen molar-refractivity contribution in [2.24, 2.45) is 5.73 Å². The summed E-state index contributed by atoms with van der Waals surface area (Å²) in [5, 5.41) is 13.7. The second-order valence-electron chi connectivity index (χ2n) is 5.45. The molecule has 0 aromatic heterocycles. The zero-order valence-corrected chi connectivity index (χ0v) is 12.8. The first-order valence-corrected chi connectivity index (χ1v) is 6.64. The van der Waals surface area contributed by atoms with E-state index in [1.165, 1.54) is 18.2 Å². The van der Waals surface area contributed by atoms with Crippen LogP contribution < -0.4 is 11.1 Å². The van der Waals surface area contributed by atoms with Gasteiger partial charge in [-0.3, -0.25) is 10.1 Å². The molecule has 1 aromatic carbocycles. The largest absolute Gasteiger partial charge is 0.444 e. The molecule has 0 aliphatic heterocycles. The third kappa shape index (κ3) is 5.57. The van der Waals surface area contributed by atoms with Gasteiger partial charge in [0.2, 0.25) is 0 Å². The summed E-state index contributed by atoms with van der Waals surface area (Å²) in [6.07, 6.45) is -0.630. The average Bonchev–Trinajstić information content (AvgIpc) is 2.33. The van der Waals surface area contributed by atoms with E-state index in [2.05, 4.69) is 5.32 Å². The van der Waals surface area contributed by atoms with Crippen molar-refractivity contribution in [2.45, 2.75) is 32.4 Å². The highest BCUT2D eigenvalue weighted by atomic mass is 35.5. The lowest BCUT2D eigenvalue weighted by atomic mass is 10.1. The van der Waals surface area contributed by atoms with Crippen LogP contribution in [0.1, 0.15) is 32.4 Å². The van der Waals surface area contributed by atoms with Crippen LogP contribution in [-0.4, -0.2) is 23.2 Å². The molecule has 7 nitrogen and oxygen atoms in total. The van der Waals surface area contributed by atoms with Crippen LogP contribution in [0.5, 0.6) is 0 Å². The number of benzene rings is 1. The number of nitrogens with zero attached hydrogens (tertiary/aromatic N) is 1. The van der Waals surface area contributed by atoms with Crippen molar-refractivity contribution in [1.29, 1.82) is 0 Å². The van der Waals surface area contributed by atoms with Crippen LogP contribution in [0.15, 0.2) is 18.2 Å². The van der Waals surface area contributed by atoms with Crippen molar-refractivity contribution in [3.63, 3.8) is 0 Å². The van der Waals surface area contributed by atoms with Crippen LogP contribution >= 0.6 is 11.6 Å². The molecular weight excluding hydrogens is 298 g/mol. The van der Waals surface area contributed by atoms with E-state index in [0.717, 1.165) is 0 Å². The van der Waals surface area contributed by atoms with Crippen molar-refractivity contribution in [2.75, 3.05) is 6.54 Å². The van der Waals surface area contributed by atoms with Gasteiger partial charge in [-0.1, -0.05) is 11.6 Å². The number of alkyl carbamates (subject to hydrolysis) is 1. The SMILES string of the molecule is CC(C)(C)OC(=O)NCC(N)c1ccc(Cl)cc1[N+](=O)[O-]. The van der Waals surface area contributed by atoms with Crippen molar-refractivity contribution < 1.29 is 14.5 Å². The topological polar surface area (TPSA) is 107 Å². The summed E-state index contributed by atoms with van der Waals surface area (Å²) in [6, 6.07) is 3.47. The zero-order valence-electron chi connectivity index (χ0n) is 12.1. The fourth-order valence-electron chi connectivity index (χ4n) is 1.61. The minimum absolute atomic E-state index is 0.0113. The molecule has 1 rings (SSSR count). The molecule has 1 amide bonds. The Kier molecular flexibility index (Phi) is 5.51. The summed E-state index contributed by atoms with van der Waals surface area (Å²) >= 11 is 5.73. The molecule has 1 aromatic rings. The average molecular weight is 316 g/mol. The molecular formula is C13H18ClN3O4. The van der Waals surface area contributed by atoms with E-state index in [1.54, 1.807) is 20.8 Å².